The Labute approximate surface area is 170 Å². The molecule has 2 heterocycles. The van der Waals surface area contributed by atoms with Crippen LogP contribution in [0.15, 0.2) is 30.3 Å². The molecular weight excluding hydrogens is 368 g/mol. The van der Waals surface area contributed by atoms with Gasteiger partial charge in [-0.05, 0) is 38.8 Å². The molecule has 2 aromatic rings. The molecule has 1 saturated heterocycles. The minimum atomic E-state index is -0.831. The van der Waals surface area contributed by atoms with Gasteiger partial charge in [0.1, 0.15) is 17.1 Å². The SMILES string of the molecule is Cc1nc(C(=O)CN2C(=O)NC3(CCCCCC3)C2=O)c(C)n1-c1ccccc1. The maximum atomic E-state index is 13.1. The highest BCUT2D eigenvalue weighted by molar-refractivity contribution is 6.11. The summed E-state index contributed by atoms with van der Waals surface area (Å²) in [5, 5.41) is 2.88. The fourth-order valence-corrected chi connectivity index (χ4v) is 4.57. The number of amides is 3. The van der Waals surface area contributed by atoms with Crippen molar-refractivity contribution in [2.75, 3.05) is 6.54 Å². The number of imide groups is 1. The first-order valence-electron chi connectivity index (χ1n) is 10.2. The molecule has 1 aliphatic carbocycles. The fraction of sp³-hybridized carbons (Fsp3) is 0.455. The highest BCUT2D eigenvalue weighted by atomic mass is 16.2. The number of carbonyl (C=O) groups is 3. The van der Waals surface area contributed by atoms with Crippen LogP contribution in [0.5, 0.6) is 0 Å². The first-order valence-corrected chi connectivity index (χ1v) is 10.2. The largest absolute Gasteiger partial charge is 0.325 e. The first-order chi connectivity index (χ1) is 13.9. The molecule has 0 radical (unpaired) electrons. The molecule has 1 aliphatic heterocycles. The van der Waals surface area contributed by atoms with E-state index >= 15 is 0 Å². The van der Waals surface area contributed by atoms with Crippen LogP contribution in [0.25, 0.3) is 5.69 Å². The predicted octanol–water partition coefficient (Wildman–Crippen LogP) is 3.32. The molecule has 7 heteroatoms. The zero-order chi connectivity index (χ0) is 20.6. The third-order valence-electron chi connectivity index (χ3n) is 6.06. The van der Waals surface area contributed by atoms with E-state index in [0.717, 1.165) is 36.3 Å². The molecule has 2 aliphatic rings. The summed E-state index contributed by atoms with van der Waals surface area (Å²) in [4.78, 5) is 44.1. The fourth-order valence-electron chi connectivity index (χ4n) is 4.57. The van der Waals surface area contributed by atoms with Gasteiger partial charge in [-0.2, -0.15) is 0 Å². The van der Waals surface area contributed by atoms with Crippen LogP contribution < -0.4 is 5.32 Å². The molecule has 152 valence electrons. The number of aromatic nitrogens is 2. The molecule has 3 amide bonds. The van der Waals surface area contributed by atoms with E-state index in [1.807, 2.05) is 48.7 Å². The van der Waals surface area contributed by atoms with Gasteiger partial charge in [-0.25, -0.2) is 9.78 Å². The van der Waals surface area contributed by atoms with Crippen molar-refractivity contribution in [3.8, 4) is 5.69 Å². The van der Waals surface area contributed by atoms with Crippen LogP contribution in [0.1, 0.15) is 60.5 Å². The molecule has 0 bridgehead atoms. The molecule has 29 heavy (non-hydrogen) atoms. The number of carbonyl (C=O) groups excluding carboxylic acids is 3. The van der Waals surface area contributed by atoms with Crippen molar-refractivity contribution in [2.24, 2.45) is 0 Å². The van der Waals surface area contributed by atoms with E-state index in [1.165, 1.54) is 0 Å². The third kappa shape index (κ3) is 3.34. The maximum absolute atomic E-state index is 13.1. The Bertz CT molecular complexity index is 956. The van der Waals surface area contributed by atoms with Crippen molar-refractivity contribution in [1.82, 2.24) is 19.8 Å². The van der Waals surface area contributed by atoms with E-state index in [1.54, 1.807) is 0 Å². The van der Waals surface area contributed by atoms with Crippen LogP contribution in [-0.4, -0.2) is 44.3 Å². The lowest BCUT2D eigenvalue weighted by Gasteiger charge is -2.24. The quantitative estimate of drug-likeness (QED) is 0.637. The van der Waals surface area contributed by atoms with E-state index in [-0.39, 0.29) is 18.2 Å². The van der Waals surface area contributed by atoms with Crippen LogP contribution in [0.4, 0.5) is 4.79 Å². The van der Waals surface area contributed by atoms with Gasteiger partial charge in [0.15, 0.2) is 0 Å². The summed E-state index contributed by atoms with van der Waals surface area (Å²) >= 11 is 0. The van der Waals surface area contributed by atoms with Gasteiger partial charge >= 0.3 is 6.03 Å². The highest BCUT2D eigenvalue weighted by Gasteiger charge is 2.51. The van der Waals surface area contributed by atoms with Crippen LogP contribution in [0.3, 0.4) is 0 Å². The highest BCUT2D eigenvalue weighted by Crippen LogP contribution is 2.33. The number of rotatable bonds is 4. The lowest BCUT2D eigenvalue weighted by Crippen LogP contribution is -2.46. The van der Waals surface area contributed by atoms with E-state index in [2.05, 4.69) is 10.3 Å². The normalized spacial score (nSPS) is 18.8. The maximum Gasteiger partial charge on any atom is 0.325 e. The van der Waals surface area contributed by atoms with Crippen LogP contribution in [-0.2, 0) is 4.79 Å². The molecule has 1 saturated carbocycles. The second kappa shape index (κ2) is 7.46. The second-order valence-electron chi connectivity index (χ2n) is 8.00. The minimum absolute atomic E-state index is 0.269. The van der Waals surface area contributed by atoms with Crippen LogP contribution >= 0.6 is 0 Å². The van der Waals surface area contributed by atoms with Crippen molar-refractivity contribution in [3.05, 3.63) is 47.5 Å². The smallest absolute Gasteiger partial charge is 0.323 e. The zero-order valence-corrected chi connectivity index (χ0v) is 16.9. The Morgan fingerprint density at radius 1 is 1.07 bits per heavy atom. The number of hydrogen-bond donors (Lipinski definition) is 1. The Balaban J connectivity index is 1.57. The molecular formula is C22H26N4O3. The number of hydrogen-bond acceptors (Lipinski definition) is 4. The number of imidazole rings is 1. The van der Waals surface area contributed by atoms with Gasteiger partial charge in [-0.15, -0.1) is 0 Å². The van der Waals surface area contributed by atoms with Gasteiger partial charge in [-0.3, -0.25) is 14.5 Å². The van der Waals surface area contributed by atoms with Gasteiger partial charge in [0.2, 0.25) is 5.78 Å². The lowest BCUT2D eigenvalue weighted by molar-refractivity contribution is -0.131. The second-order valence-corrected chi connectivity index (χ2v) is 8.00. The Kier molecular flexibility index (Phi) is 4.98. The van der Waals surface area contributed by atoms with Gasteiger partial charge in [-0.1, -0.05) is 43.9 Å². The van der Waals surface area contributed by atoms with Gasteiger partial charge in [0, 0.05) is 5.69 Å². The van der Waals surface area contributed by atoms with Crippen molar-refractivity contribution < 1.29 is 14.4 Å². The Morgan fingerprint density at radius 3 is 2.38 bits per heavy atom. The summed E-state index contributed by atoms with van der Waals surface area (Å²) in [6, 6.07) is 9.21. The van der Waals surface area contributed by atoms with Crippen molar-refractivity contribution in [3.63, 3.8) is 0 Å². The topological polar surface area (TPSA) is 84.3 Å². The van der Waals surface area contributed by atoms with E-state index in [9.17, 15) is 14.4 Å². The van der Waals surface area contributed by atoms with Crippen LogP contribution in [0.2, 0.25) is 0 Å². The predicted molar refractivity (Wildman–Crippen MR) is 108 cm³/mol. The molecule has 1 N–H and O–H groups in total. The third-order valence-corrected chi connectivity index (χ3v) is 6.06. The molecule has 0 atom stereocenters. The zero-order valence-electron chi connectivity index (χ0n) is 16.9. The van der Waals surface area contributed by atoms with Crippen molar-refractivity contribution >= 4 is 17.7 Å². The van der Waals surface area contributed by atoms with Crippen LogP contribution in [0, 0.1) is 13.8 Å². The summed E-state index contributed by atoms with van der Waals surface area (Å²) in [5.74, 6) is 0.0959. The molecule has 7 nitrogen and oxygen atoms in total. The number of ketones is 1. The number of nitrogens with one attached hydrogen (secondary N) is 1. The number of aryl methyl sites for hydroxylation is 1. The van der Waals surface area contributed by atoms with E-state index in [0.29, 0.717) is 30.1 Å². The number of para-hydroxylation sites is 1. The monoisotopic (exact) mass is 394 g/mol. The van der Waals surface area contributed by atoms with Gasteiger partial charge in [0.25, 0.3) is 5.91 Å². The summed E-state index contributed by atoms with van der Waals surface area (Å²) in [6.07, 6.45) is 5.24. The van der Waals surface area contributed by atoms with Crippen molar-refractivity contribution in [2.45, 2.75) is 57.9 Å². The standard InChI is InChI=1S/C22H26N4O3/c1-15-19(23-16(2)26(15)17-10-6-5-7-11-17)18(27)14-25-20(28)22(24-21(25)29)12-8-3-4-9-13-22/h5-7,10-11H,3-4,8-9,12-14H2,1-2H3,(H,24,29). The summed E-state index contributed by atoms with van der Waals surface area (Å²) in [5.41, 5.74) is 1.09. The van der Waals surface area contributed by atoms with Gasteiger partial charge < -0.3 is 9.88 Å². The average Bonchev–Trinajstić information content (AvgIpc) is 2.99. The minimum Gasteiger partial charge on any atom is -0.323 e. The number of benzene rings is 1. The summed E-state index contributed by atoms with van der Waals surface area (Å²) in [6.45, 7) is 3.39. The number of Topliss-reactive ketones (excluding diaryl/α,β-unsaturated/α-hetero) is 1. The molecule has 4 rings (SSSR count). The molecule has 2 fully saturated rings. The lowest BCUT2D eigenvalue weighted by atomic mass is 9.90. The Hall–Kier alpha value is -2.96. The Morgan fingerprint density at radius 2 is 1.72 bits per heavy atom. The molecule has 1 aromatic heterocycles. The average molecular weight is 394 g/mol. The number of urea groups is 1. The first kappa shape index (κ1) is 19.4. The van der Waals surface area contributed by atoms with E-state index in [4.69, 9.17) is 0 Å². The molecule has 1 spiro atoms. The van der Waals surface area contributed by atoms with E-state index < -0.39 is 11.6 Å². The summed E-state index contributed by atoms with van der Waals surface area (Å²) in [7, 11) is 0. The molecule has 1 aromatic carbocycles. The summed E-state index contributed by atoms with van der Waals surface area (Å²) < 4.78 is 1.91. The van der Waals surface area contributed by atoms with Gasteiger partial charge in [0.05, 0.1) is 12.2 Å². The number of nitrogens with zero attached hydrogens (tertiary/aromatic N) is 3. The van der Waals surface area contributed by atoms with Crippen molar-refractivity contribution in [1.29, 1.82) is 0 Å². The molecule has 0 unspecified atom stereocenters.